The Kier molecular flexibility index (Phi) is 13.2. The highest BCUT2D eigenvalue weighted by molar-refractivity contribution is 6.05. The Morgan fingerprint density at radius 1 is 0.691 bits per heavy atom. The van der Waals surface area contributed by atoms with Crippen LogP contribution in [0, 0.1) is 0 Å². The molecular formula is C54H60N+. The maximum Gasteiger partial charge on any atom is 0.106 e. The van der Waals surface area contributed by atoms with Crippen molar-refractivity contribution >= 4 is 33.2 Å². The molecule has 1 heterocycles. The number of unbranched alkanes of at least 4 members (excludes halogenated alkanes) is 3. The third-order valence-corrected chi connectivity index (χ3v) is 11.4. The topological polar surface area (TPSA) is 0 Å². The molecule has 0 fully saturated rings. The molecule has 6 rings (SSSR count). The lowest BCUT2D eigenvalue weighted by atomic mass is 9.81. The SMILES string of the molecule is C=C/C=C\C(/C=C\C(=C)CC1=C(c2ccccc2C=C)c2c(c(-c3ccc4ccccc4c3)cc3ccccc23)C[N+](CCCC)(CCCCC)C1)=C(C)C. The first-order valence-corrected chi connectivity index (χ1v) is 20.5. The summed E-state index contributed by atoms with van der Waals surface area (Å²) in [5, 5.41) is 5.15. The van der Waals surface area contributed by atoms with E-state index in [0.717, 1.165) is 42.7 Å². The summed E-state index contributed by atoms with van der Waals surface area (Å²) in [4.78, 5) is 0. The summed E-state index contributed by atoms with van der Waals surface area (Å²) in [5.74, 6) is 0. The average molecular weight is 723 g/mol. The summed E-state index contributed by atoms with van der Waals surface area (Å²) in [6.45, 7) is 26.3. The first kappa shape index (κ1) is 39.5. The van der Waals surface area contributed by atoms with E-state index in [2.05, 4.69) is 156 Å². The van der Waals surface area contributed by atoms with Gasteiger partial charge in [-0.25, -0.2) is 0 Å². The number of hydrogen-bond donors (Lipinski definition) is 0. The van der Waals surface area contributed by atoms with Gasteiger partial charge in [-0.3, -0.25) is 0 Å². The predicted octanol–water partition coefficient (Wildman–Crippen LogP) is 15.0. The Morgan fingerprint density at radius 3 is 2.15 bits per heavy atom. The van der Waals surface area contributed by atoms with Gasteiger partial charge in [0.15, 0.2) is 0 Å². The minimum atomic E-state index is 0.798. The van der Waals surface area contributed by atoms with Crippen LogP contribution in [0.4, 0.5) is 0 Å². The zero-order chi connectivity index (χ0) is 38.8. The van der Waals surface area contributed by atoms with Gasteiger partial charge in [-0.2, -0.15) is 0 Å². The van der Waals surface area contributed by atoms with E-state index in [-0.39, 0.29) is 0 Å². The summed E-state index contributed by atoms with van der Waals surface area (Å²) >= 11 is 0. The molecule has 0 aromatic heterocycles. The molecule has 1 heteroatoms. The molecule has 0 bridgehead atoms. The number of rotatable bonds is 16. The third-order valence-electron chi connectivity index (χ3n) is 11.4. The van der Waals surface area contributed by atoms with E-state index in [0.29, 0.717) is 0 Å². The van der Waals surface area contributed by atoms with Crippen LogP contribution in [0.15, 0.2) is 169 Å². The fourth-order valence-electron chi connectivity index (χ4n) is 8.60. The second-order valence-corrected chi connectivity index (χ2v) is 15.7. The lowest BCUT2D eigenvalue weighted by Gasteiger charge is -2.40. The highest BCUT2D eigenvalue weighted by Gasteiger charge is 2.37. The van der Waals surface area contributed by atoms with E-state index < -0.39 is 0 Å². The minimum absolute atomic E-state index is 0.798. The predicted molar refractivity (Wildman–Crippen MR) is 243 cm³/mol. The first-order chi connectivity index (χ1) is 26.8. The van der Waals surface area contributed by atoms with Crippen LogP contribution in [0.1, 0.15) is 88.5 Å². The average Bonchev–Trinajstić information content (AvgIpc) is 3.34. The molecule has 0 radical (unpaired) electrons. The molecule has 5 aromatic carbocycles. The molecule has 0 N–H and O–H groups in total. The summed E-state index contributed by atoms with van der Waals surface area (Å²) in [6, 6.07) is 36.3. The lowest BCUT2D eigenvalue weighted by Crippen LogP contribution is -2.49. The molecular weight excluding hydrogens is 663 g/mol. The van der Waals surface area contributed by atoms with Gasteiger partial charge in [0.2, 0.25) is 0 Å². The summed E-state index contributed by atoms with van der Waals surface area (Å²) in [5.41, 5.74) is 14.3. The molecule has 1 aliphatic rings. The molecule has 0 aliphatic carbocycles. The van der Waals surface area contributed by atoms with Crippen molar-refractivity contribution in [3.8, 4) is 11.1 Å². The van der Waals surface area contributed by atoms with E-state index in [1.165, 1.54) is 109 Å². The Morgan fingerprint density at radius 2 is 1.40 bits per heavy atom. The molecule has 0 spiro atoms. The van der Waals surface area contributed by atoms with Gasteiger partial charge in [-0.1, -0.05) is 179 Å². The van der Waals surface area contributed by atoms with E-state index in [1.54, 1.807) is 0 Å². The van der Waals surface area contributed by atoms with Gasteiger partial charge in [0.05, 0.1) is 13.1 Å². The van der Waals surface area contributed by atoms with E-state index in [4.69, 9.17) is 6.58 Å². The van der Waals surface area contributed by atoms with Gasteiger partial charge in [0.1, 0.15) is 13.1 Å². The standard InChI is InChI=1S/C54H60N/c1-8-12-21-34-55(33-14-10-3)38-48(35-41(7)29-30-43(40(5)6)22-13-9-2)53(49-27-19-17-23-42(49)11-4)54-50-28-20-18-26-46(50)37-51(52(54)39-55)47-32-31-44-24-15-16-25-45(44)36-47/h9,11,13,15-20,22-32,36-37H,2,4,7-8,10,12,14,21,33-35,38-39H2,1,3,5-6H3/q+1/b22-13-,30-29-. The van der Waals surface area contributed by atoms with Crippen LogP contribution in [-0.4, -0.2) is 24.1 Å². The second-order valence-electron chi connectivity index (χ2n) is 15.7. The number of allylic oxidation sites excluding steroid dienone is 8. The Hall–Kier alpha value is -5.24. The Bertz CT molecular complexity index is 2320. The fraction of sp³-hybridized carbons (Fsp3) is 0.259. The fourth-order valence-corrected chi connectivity index (χ4v) is 8.60. The van der Waals surface area contributed by atoms with Crippen LogP contribution in [-0.2, 0) is 6.54 Å². The van der Waals surface area contributed by atoms with Gasteiger partial charge in [0, 0.05) is 5.56 Å². The quantitative estimate of drug-likeness (QED) is 0.0540. The van der Waals surface area contributed by atoms with Crippen molar-refractivity contribution < 1.29 is 4.48 Å². The van der Waals surface area contributed by atoms with Crippen LogP contribution >= 0.6 is 0 Å². The normalized spacial score (nSPS) is 15.8. The zero-order valence-electron chi connectivity index (χ0n) is 33.8. The van der Waals surface area contributed by atoms with E-state index in [1.807, 2.05) is 18.2 Å². The van der Waals surface area contributed by atoms with Crippen molar-refractivity contribution in [3.63, 3.8) is 0 Å². The Labute approximate surface area is 331 Å². The van der Waals surface area contributed by atoms with Crippen LogP contribution in [0.25, 0.3) is 44.3 Å². The molecule has 0 saturated heterocycles. The van der Waals surface area contributed by atoms with E-state index in [9.17, 15) is 0 Å². The molecule has 280 valence electrons. The molecule has 1 aliphatic heterocycles. The van der Waals surface area contributed by atoms with Crippen molar-refractivity contribution in [2.75, 3.05) is 19.6 Å². The summed E-state index contributed by atoms with van der Waals surface area (Å²) in [6.07, 6.45) is 19.4. The van der Waals surface area contributed by atoms with Crippen molar-refractivity contribution in [1.82, 2.24) is 0 Å². The number of hydrogen-bond acceptors (Lipinski definition) is 0. The van der Waals surface area contributed by atoms with Crippen molar-refractivity contribution in [1.29, 1.82) is 0 Å². The van der Waals surface area contributed by atoms with Crippen molar-refractivity contribution in [3.05, 3.63) is 192 Å². The second kappa shape index (κ2) is 18.4. The molecule has 55 heavy (non-hydrogen) atoms. The summed E-state index contributed by atoms with van der Waals surface area (Å²) < 4.78 is 1.05. The van der Waals surface area contributed by atoms with Crippen LogP contribution < -0.4 is 0 Å². The number of quaternary nitrogens is 1. The largest absolute Gasteiger partial charge is 0.316 e. The molecule has 0 amide bonds. The number of benzene rings is 5. The summed E-state index contributed by atoms with van der Waals surface area (Å²) in [7, 11) is 0. The molecule has 0 saturated carbocycles. The minimum Gasteiger partial charge on any atom is -0.316 e. The number of nitrogens with zero attached hydrogens (tertiary/aromatic N) is 1. The first-order valence-electron chi connectivity index (χ1n) is 20.5. The zero-order valence-corrected chi connectivity index (χ0v) is 33.8. The van der Waals surface area contributed by atoms with Gasteiger partial charge in [0.25, 0.3) is 0 Å². The van der Waals surface area contributed by atoms with Crippen molar-refractivity contribution in [2.45, 2.75) is 72.8 Å². The van der Waals surface area contributed by atoms with Crippen molar-refractivity contribution in [2.24, 2.45) is 0 Å². The van der Waals surface area contributed by atoms with E-state index >= 15 is 0 Å². The maximum atomic E-state index is 4.74. The van der Waals surface area contributed by atoms with Gasteiger partial charge in [-0.05, 0) is 118 Å². The lowest BCUT2D eigenvalue weighted by molar-refractivity contribution is -0.936. The smallest absolute Gasteiger partial charge is 0.106 e. The van der Waals surface area contributed by atoms with Gasteiger partial charge < -0.3 is 4.48 Å². The number of fused-ring (bicyclic) bond motifs is 4. The Balaban J connectivity index is 1.71. The third kappa shape index (κ3) is 9.01. The molecule has 1 atom stereocenters. The monoisotopic (exact) mass is 722 g/mol. The highest BCUT2D eigenvalue weighted by atomic mass is 15.3. The van der Waals surface area contributed by atoms with Crippen LogP contribution in [0.5, 0.6) is 0 Å². The van der Waals surface area contributed by atoms with Gasteiger partial charge >= 0.3 is 0 Å². The molecule has 1 unspecified atom stereocenters. The molecule has 5 aromatic rings. The highest BCUT2D eigenvalue weighted by Crippen LogP contribution is 2.47. The van der Waals surface area contributed by atoms with Crippen LogP contribution in [0.3, 0.4) is 0 Å². The van der Waals surface area contributed by atoms with Crippen LogP contribution in [0.2, 0.25) is 0 Å². The maximum absolute atomic E-state index is 4.74. The molecule has 1 nitrogen and oxygen atoms in total. The van der Waals surface area contributed by atoms with Gasteiger partial charge in [-0.15, -0.1) is 0 Å².